The van der Waals surface area contributed by atoms with Crippen molar-refractivity contribution in [2.45, 2.75) is 12.8 Å². The van der Waals surface area contributed by atoms with E-state index in [0.29, 0.717) is 37.6 Å². The highest BCUT2D eigenvalue weighted by atomic mass is 17.2. The van der Waals surface area contributed by atoms with Crippen molar-refractivity contribution >= 4 is 5.97 Å². The zero-order valence-electron chi connectivity index (χ0n) is 9.70. The van der Waals surface area contributed by atoms with E-state index in [1.54, 1.807) is 12.1 Å². The van der Waals surface area contributed by atoms with Crippen LogP contribution in [0.5, 0.6) is 11.5 Å². The van der Waals surface area contributed by atoms with Gasteiger partial charge in [0.15, 0.2) is 11.5 Å². The highest BCUT2D eigenvalue weighted by Crippen LogP contribution is 2.33. The average molecular weight is 251 g/mol. The molecule has 0 amide bonds. The van der Waals surface area contributed by atoms with Crippen LogP contribution in [0.4, 0.5) is 0 Å². The zero-order valence-corrected chi connectivity index (χ0v) is 9.70. The quantitative estimate of drug-likeness (QED) is 0.793. The molecule has 2 aliphatic heterocycles. The molecule has 0 bridgehead atoms. The summed E-state index contributed by atoms with van der Waals surface area (Å²) >= 11 is 0. The van der Waals surface area contributed by atoms with Crippen molar-refractivity contribution in [1.29, 1.82) is 0 Å². The summed E-state index contributed by atoms with van der Waals surface area (Å²) in [5.74, 6) is 0.537. The van der Waals surface area contributed by atoms with Crippen molar-refractivity contribution in [3.63, 3.8) is 0 Å². The lowest BCUT2D eigenvalue weighted by Gasteiger charge is -2.21. The zero-order chi connectivity index (χ0) is 12.4. The van der Waals surface area contributed by atoms with Gasteiger partial charge in [0, 0.05) is 13.2 Å². The Balaban J connectivity index is 1.57. The Morgan fingerprint density at radius 1 is 1.17 bits per heavy atom. The van der Waals surface area contributed by atoms with Crippen molar-refractivity contribution < 1.29 is 24.0 Å². The normalized spacial score (nSPS) is 19.8. The van der Waals surface area contributed by atoms with E-state index in [4.69, 9.17) is 19.2 Å². The van der Waals surface area contributed by atoms with Gasteiger partial charge in [-0.05, 0) is 25.0 Å². The maximum Gasteiger partial charge on any atom is 0.336 e. The summed E-state index contributed by atoms with van der Waals surface area (Å²) in [5, 5.41) is 0.752. The van der Waals surface area contributed by atoms with Crippen LogP contribution in [0.1, 0.15) is 12.8 Å². The van der Waals surface area contributed by atoms with Crippen molar-refractivity contribution in [3.8, 4) is 11.5 Å². The first-order valence-electron chi connectivity index (χ1n) is 5.87. The second-order valence-electron chi connectivity index (χ2n) is 4.15. The number of rotatable bonds is 2. The molecule has 0 saturated carbocycles. The van der Waals surface area contributed by atoms with Crippen LogP contribution in [-0.2, 0) is 14.4 Å². The SMILES string of the molecule is O=C(ON1Oc2ccccc2O1)C1CCOCC1. The molecule has 2 aliphatic rings. The van der Waals surface area contributed by atoms with E-state index in [1.807, 2.05) is 12.1 Å². The smallest absolute Gasteiger partial charge is 0.336 e. The topological polar surface area (TPSA) is 57.2 Å². The van der Waals surface area contributed by atoms with Crippen LogP contribution >= 0.6 is 0 Å². The molecule has 1 aromatic carbocycles. The van der Waals surface area contributed by atoms with Crippen molar-refractivity contribution in [1.82, 2.24) is 5.39 Å². The third-order valence-corrected chi connectivity index (χ3v) is 2.91. The summed E-state index contributed by atoms with van der Waals surface area (Å²) < 4.78 is 5.19. The second kappa shape index (κ2) is 4.83. The van der Waals surface area contributed by atoms with Crippen LogP contribution < -0.4 is 9.68 Å². The summed E-state index contributed by atoms with van der Waals surface area (Å²) in [5.41, 5.74) is 0. The highest BCUT2D eigenvalue weighted by Gasteiger charge is 2.31. The number of benzene rings is 1. The van der Waals surface area contributed by atoms with E-state index < -0.39 is 0 Å². The minimum atomic E-state index is -0.355. The lowest BCUT2D eigenvalue weighted by molar-refractivity contribution is -0.412. The van der Waals surface area contributed by atoms with E-state index >= 15 is 0 Å². The summed E-state index contributed by atoms with van der Waals surface area (Å²) in [6, 6.07) is 7.09. The number of hydrogen-bond donors (Lipinski definition) is 0. The van der Waals surface area contributed by atoms with Gasteiger partial charge in [0.1, 0.15) is 0 Å². The predicted octanol–water partition coefficient (Wildman–Crippen LogP) is 1.47. The summed E-state index contributed by atoms with van der Waals surface area (Å²) in [4.78, 5) is 27.3. The van der Waals surface area contributed by atoms with E-state index in [1.165, 1.54) is 0 Å². The van der Waals surface area contributed by atoms with Gasteiger partial charge in [-0.15, -0.1) is 0 Å². The molecule has 18 heavy (non-hydrogen) atoms. The van der Waals surface area contributed by atoms with E-state index in [-0.39, 0.29) is 11.9 Å². The van der Waals surface area contributed by atoms with Gasteiger partial charge in [-0.25, -0.2) is 4.79 Å². The molecule has 0 spiro atoms. The molecule has 0 N–H and O–H groups in total. The molecule has 1 aromatic rings. The van der Waals surface area contributed by atoms with Crippen LogP contribution in [-0.4, -0.2) is 24.6 Å². The van der Waals surface area contributed by atoms with Crippen LogP contribution in [0.3, 0.4) is 0 Å². The van der Waals surface area contributed by atoms with Gasteiger partial charge in [0.05, 0.1) is 5.92 Å². The Bertz CT molecular complexity index is 419. The first kappa shape index (κ1) is 11.3. The lowest BCUT2D eigenvalue weighted by Crippen LogP contribution is -2.34. The van der Waals surface area contributed by atoms with Gasteiger partial charge >= 0.3 is 5.97 Å². The van der Waals surface area contributed by atoms with Gasteiger partial charge in [0.25, 0.3) is 0 Å². The molecule has 1 saturated heterocycles. The molecule has 0 aliphatic carbocycles. The Morgan fingerprint density at radius 3 is 2.39 bits per heavy atom. The van der Waals surface area contributed by atoms with E-state index in [0.717, 1.165) is 5.39 Å². The third kappa shape index (κ3) is 2.25. The number of carbonyl (C=O) groups excluding carboxylic acids is 1. The Morgan fingerprint density at radius 2 is 1.78 bits per heavy atom. The molecule has 2 heterocycles. The number of ether oxygens (including phenoxy) is 1. The van der Waals surface area contributed by atoms with Gasteiger partial charge in [-0.1, -0.05) is 12.1 Å². The molecular formula is C12H13NO5. The molecule has 0 atom stereocenters. The summed E-state index contributed by atoms with van der Waals surface area (Å²) in [7, 11) is 0. The fraction of sp³-hybridized carbons (Fsp3) is 0.417. The average Bonchev–Trinajstić information content (AvgIpc) is 2.82. The molecule has 6 heteroatoms. The molecule has 96 valence electrons. The minimum absolute atomic E-state index is 0.158. The maximum atomic E-state index is 11.8. The largest absolute Gasteiger partial charge is 0.381 e. The molecule has 3 rings (SSSR count). The van der Waals surface area contributed by atoms with E-state index in [9.17, 15) is 4.79 Å². The molecule has 6 nitrogen and oxygen atoms in total. The monoisotopic (exact) mass is 251 g/mol. The van der Waals surface area contributed by atoms with Gasteiger partial charge in [0.2, 0.25) is 5.39 Å². The Kier molecular flexibility index (Phi) is 3.04. The van der Waals surface area contributed by atoms with Gasteiger partial charge in [-0.3, -0.25) is 0 Å². The molecule has 1 fully saturated rings. The first-order chi connectivity index (χ1) is 8.83. The maximum absolute atomic E-state index is 11.8. The Hall–Kier alpha value is -1.79. The van der Waals surface area contributed by atoms with Crippen molar-refractivity contribution in [2.75, 3.05) is 13.2 Å². The predicted molar refractivity (Wildman–Crippen MR) is 59.2 cm³/mol. The molecule has 0 aromatic heterocycles. The standard InChI is InChI=1S/C12H13NO5/c14-12(9-5-7-15-8-6-9)18-13-16-10-3-1-2-4-11(10)17-13/h1-4,9H,5-8H2. The number of fused-ring (bicyclic) bond motifs is 1. The van der Waals surface area contributed by atoms with Crippen molar-refractivity contribution in [3.05, 3.63) is 24.3 Å². The van der Waals surface area contributed by atoms with Gasteiger partial charge < -0.3 is 19.2 Å². The summed E-state index contributed by atoms with van der Waals surface area (Å²) in [6.07, 6.45) is 1.33. The lowest BCUT2D eigenvalue weighted by atomic mass is 10.0. The number of carbonyl (C=O) groups is 1. The first-order valence-corrected chi connectivity index (χ1v) is 5.87. The molecule has 0 radical (unpaired) electrons. The van der Waals surface area contributed by atoms with Crippen LogP contribution in [0.15, 0.2) is 24.3 Å². The minimum Gasteiger partial charge on any atom is -0.381 e. The highest BCUT2D eigenvalue weighted by molar-refractivity contribution is 5.72. The fourth-order valence-corrected chi connectivity index (χ4v) is 1.90. The third-order valence-electron chi connectivity index (χ3n) is 2.91. The van der Waals surface area contributed by atoms with Crippen LogP contribution in [0.2, 0.25) is 0 Å². The van der Waals surface area contributed by atoms with Gasteiger partial charge in [-0.2, -0.15) is 0 Å². The molecule has 0 unspecified atom stereocenters. The summed E-state index contributed by atoms with van der Waals surface area (Å²) in [6.45, 7) is 1.17. The fourth-order valence-electron chi connectivity index (χ4n) is 1.90. The van der Waals surface area contributed by atoms with E-state index in [2.05, 4.69) is 0 Å². The number of nitrogens with zero attached hydrogens (tertiary/aromatic N) is 1. The van der Waals surface area contributed by atoms with Crippen molar-refractivity contribution in [2.24, 2.45) is 5.92 Å². The molecular weight excluding hydrogens is 238 g/mol. The second-order valence-corrected chi connectivity index (χ2v) is 4.15. The number of para-hydroxylation sites is 2. The van der Waals surface area contributed by atoms with Crippen LogP contribution in [0, 0.1) is 5.92 Å². The number of hydrogen-bond acceptors (Lipinski definition) is 6. The Labute approximate surface area is 104 Å². The van der Waals surface area contributed by atoms with Crippen LogP contribution in [0.25, 0.3) is 0 Å².